The van der Waals surface area contributed by atoms with E-state index in [4.69, 9.17) is 5.11 Å². The molecule has 0 aliphatic rings. The summed E-state index contributed by atoms with van der Waals surface area (Å²) in [6.45, 7) is 1.25. The van der Waals surface area contributed by atoms with Gasteiger partial charge < -0.3 is 15.7 Å². The standard InChI is InChI=1S/C10H10F2N2O3/c1-5(9(15)16)13-10(17)14-8-3-2-6(11)4-7(8)12/h2-5H,1H3,(H,15,16)(H2,13,14,17)/t5-/m0/s1. The fourth-order valence-corrected chi connectivity index (χ4v) is 1.01. The molecule has 2 amide bonds. The maximum absolute atomic E-state index is 13.1. The van der Waals surface area contributed by atoms with Crippen molar-refractivity contribution < 1.29 is 23.5 Å². The third-order valence-corrected chi connectivity index (χ3v) is 1.90. The first-order valence-electron chi connectivity index (χ1n) is 4.65. The van der Waals surface area contributed by atoms with Gasteiger partial charge in [-0.15, -0.1) is 0 Å². The molecule has 0 saturated heterocycles. The maximum Gasteiger partial charge on any atom is 0.325 e. The van der Waals surface area contributed by atoms with Crippen molar-refractivity contribution in [2.24, 2.45) is 0 Å². The lowest BCUT2D eigenvalue weighted by molar-refractivity contribution is -0.138. The molecule has 5 nitrogen and oxygen atoms in total. The van der Waals surface area contributed by atoms with E-state index in [-0.39, 0.29) is 5.69 Å². The summed E-state index contributed by atoms with van der Waals surface area (Å²) in [5.74, 6) is -2.93. The van der Waals surface area contributed by atoms with Crippen LogP contribution >= 0.6 is 0 Å². The van der Waals surface area contributed by atoms with Crippen LogP contribution in [0.5, 0.6) is 0 Å². The molecular formula is C10H10F2N2O3. The Morgan fingerprint density at radius 2 is 2.00 bits per heavy atom. The number of carboxylic acid groups (broad SMARTS) is 1. The highest BCUT2D eigenvalue weighted by Crippen LogP contribution is 2.14. The first-order valence-corrected chi connectivity index (χ1v) is 4.65. The molecule has 0 aromatic heterocycles. The minimum absolute atomic E-state index is 0.235. The largest absolute Gasteiger partial charge is 0.480 e. The van der Waals surface area contributed by atoms with Gasteiger partial charge in [-0.3, -0.25) is 4.79 Å². The molecule has 0 heterocycles. The highest BCUT2D eigenvalue weighted by atomic mass is 19.1. The molecule has 0 radical (unpaired) electrons. The average Bonchev–Trinajstić information content (AvgIpc) is 2.22. The summed E-state index contributed by atoms with van der Waals surface area (Å²) in [5, 5.41) is 12.6. The van der Waals surface area contributed by atoms with Crippen LogP contribution in [0.3, 0.4) is 0 Å². The van der Waals surface area contributed by atoms with Crippen molar-refractivity contribution in [3.05, 3.63) is 29.8 Å². The van der Waals surface area contributed by atoms with E-state index in [1.165, 1.54) is 6.92 Å². The Hall–Kier alpha value is -2.18. The number of hydrogen-bond donors (Lipinski definition) is 3. The Bertz CT molecular complexity index is 451. The summed E-state index contributed by atoms with van der Waals surface area (Å²) >= 11 is 0. The number of nitrogens with one attached hydrogen (secondary N) is 2. The molecule has 3 N–H and O–H groups in total. The molecule has 7 heteroatoms. The Kier molecular flexibility index (Phi) is 3.97. The molecule has 0 saturated carbocycles. The fraction of sp³-hybridized carbons (Fsp3) is 0.200. The van der Waals surface area contributed by atoms with Crippen LogP contribution in [0.15, 0.2) is 18.2 Å². The Labute approximate surface area is 95.4 Å². The quantitative estimate of drug-likeness (QED) is 0.755. The lowest BCUT2D eigenvalue weighted by atomic mass is 10.3. The van der Waals surface area contributed by atoms with Crippen molar-refractivity contribution in [2.75, 3.05) is 5.32 Å². The van der Waals surface area contributed by atoms with Crippen molar-refractivity contribution in [3.8, 4) is 0 Å². The molecule has 1 aromatic carbocycles. The van der Waals surface area contributed by atoms with E-state index in [0.717, 1.165) is 12.1 Å². The van der Waals surface area contributed by atoms with Crippen molar-refractivity contribution in [3.63, 3.8) is 0 Å². The first kappa shape index (κ1) is 12.9. The van der Waals surface area contributed by atoms with E-state index in [1.807, 2.05) is 0 Å². The molecule has 92 valence electrons. The molecule has 0 aliphatic carbocycles. The van der Waals surface area contributed by atoms with Crippen LogP contribution in [0.25, 0.3) is 0 Å². The van der Waals surface area contributed by atoms with Gasteiger partial charge in [0.2, 0.25) is 0 Å². The maximum atomic E-state index is 13.1. The SMILES string of the molecule is C[C@H](NC(=O)Nc1ccc(F)cc1F)C(=O)O. The van der Waals surface area contributed by atoms with Crippen LogP contribution in [0, 0.1) is 11.6 Å². The van der Waals surface area contributed by atoms with Gasteiger partial charge in [0.25, 0.3) is 0 Å². The minimum atomic E-state index is -1.22. The zero-order valence-corrected chi connectivity index (χ0v) is 8.83. The zero-order valence-electron chi connectivity index (χ0n) is 8.83. The number of carbonyl (C=O) groups is 2. The van der Waals surface area contributed by atoms with Crippen LogP contribution in [-0.4, -0.2) is 23.1 Å². The second-order valence-corrected chi connectivity index (χ2v) is 3.28. The van der Waals surface area contributed by atoms with Crippen LogP contribution in [0.4, 0.5) is 19.3 Å². The van der Waals surface area contributed by atoms with Gasteiger partial charge in [-0.25, -0.2) is 13.6 Å². The number of hydrogen-bond acceptors (Lipinski definition) is 2. The highest BCUT2D eigenvalue weighted by Gasteiger charge is 2.14. The van der Waals surface area contributed by atoms with E-state index in [0.29, 0.717) is 6.07 Å². The first-order chi connectivity index (χ1) is 7.90. The number of amides is 2. The van der Waals surface area contributed by atoms with Crippen LogP contribution in [0.1, 0.15) is 6.92 Å². The summed E-state index contributed by atoms with van der Waals surface area (Å²) in [6, 6.07) is 0.620. The third kappa shape index (κ3) is 3.71. The second kappa shape index (κ2) is 5.24. The van der Waals surface area contributed by atoms with E-state index in [1.54, 1.807) is 0 Å². The predicted molar refractivity (Wildman–Crippen MR) is 55.6 cm³/mol. The lowest BCUT2D eigenvalue weighted by Crippen LogP contribution is -2.41. The topological polar surface area (TPSA) is 78.4 Å². The number of anilines is 1. The third-order valence-electron chi connectivity index (χ3n) is 1.90. The molecule has 1 aromatic rings. The summed E-state index contributed by atoms with van der Waals surface area (Å²) in [5.41, 5.74) is -0.235. The zero-order chi connectivity index (χ0) is 13.0. The van der Waals surface area contributed by atoms with Crippen molar-refractivity contribution >= 4 is 17.7 Å². The van der Waals surface area contributed by atoms with Gasteiger partial charge in [0, 0.05) is 6.07 Å². The van der Waals surface area contributed by atoms with E-state index < -0.39 is 29.7 Å². The number of rotatable bonds is 3. The predicted octanol–water partition coefficient (Wildman–Crippen LogP) is 1.56. The summed E-state index contributed by atoms with van der Waals surface area (Å²) < 4.78 is 25.7. The number of urea groups is 1. The van der Waals surface area contributed by atoms with E-state index in [9.17, 15) is 18.4 Å². The highest BCUT2D eigenvalue weighted by molar-refractivity contribution is 5.92. The molecule has 1 rings (SSSR count). The molecule has 1 atom stereocenters. The van der Waals surface area contributed by atoms with Gasteiger partial charge in [-0.05, 0) is 19.1 Å². The average molecular weight is 244 g/mol. The van der Waals surface area contributed by atoms with Gasteiger partial charge in [0.15, 0.2) is 0 Å². The van der Waals surface area contributed by atoms with Gasteiger partial charge in [0.05, 0.1) is 5.69 Å². The molecular weight excluding hydrogens is 234 g/mol. The van der Waals surface area contributed by atoms with E-state index in [2.05, 4.69) is 10.6 Å². The van der Waals surface area contributed by atoms with Gasteiger partial charge in [-0.2, -0.15) is 0 Å². The summed E-state index contributed by atoms with van der Waals surface area (Å²) in [6.07, 6.45) is 0. The normalized spacial score (nSPS) is 11.7. The van der Waals surface area contributed by atoms with Crippen LogP contribution in [0.2, 0.25) is 0 Å². The molecule has 0 fully saturated rings. The Morgan fingerprint density at radius 1 is 1.35 bits per heavy atom. The lowest BCUT2D eigenvalue weighted by Gasteiger charge is -2.11. The second-order valence-electron chi connectivity index (χ2n) is 3.28. The number of aliphatic carboxylic acids is 1. The molecule has 0 unspecified atom stereocenters. The monoisotopic (exact) mass is 244 g/mol. The molecule has 0 spiro atoms. The van der Waals surface area contributed by atoms with Gasteiger partial charge >= 0.3 is 12.0 Å². The smallest absolute Gasteiger partial charge is 0.325 e. The van der Waals surface area contributed by atoms with Crippen molar-refractivity contribution in [1.29, 1.82) is 0 Å². The number of halogens is 2. The van der Waals surface area contributed by atoms with Gasteiger partial charge in [-0.1, -0.05) is 0 Å². The van der Waals surface area contributed by atoms with Crippen molar-refractivity contribution in [1.82, 2.24) is 5.32 Å². The minimum Gasteiger partial charge on any atom is -0.480 e. The van der Waals surface area contributed by atoms with Crippen LogP contribution < -0.4 is 10.6 Å². The van der Waals surface area contributed by atoms with Gasteiger partial charge in [0.1, 0.15) is 17.7 Å². The van der Waals surface area contributed by atoms with Crippen LogP contribution in [-0.2, 0) is 4.79 Å². The summed E-state index contributed by atoms with van der Waals surface area (Å²) in [7, 11) is 0. The molecule has 0 aliphatic heterocycles. The summed E-state index contributed by atoms with van der Waals surface area (Å²) in [4.78, 5) is 21.7. The number of benzene rings is 1. The number of carbonyl (C=O) groups excluding carboxylic acids is 1. The number of carboxylic acids is 1. The van der Waals surface area contributed by atoms with Crippen molar-refractivity contribution in [2.45, 2.75) is 13.0 Å². The Morgan fingerprint density at radius 3 is 2.53 bits per heavy atom. The Balaban J connectivity index is 2.65. The molecule has 17 heavy (non-hydrogen) atoms. The van der Waals surface area contributed by atoms with E-state index >= 15 is 0 Å². The fourth-order valence-electron chi connectivity index (χ4n) is 1.01. The molecule has 0 bridgehead atoms.